The Morgan fingerprint density at radius 3 is 0.977 bits per heavy atom. The quantitative estimate of drug-likeness (QED) is 0.0406. The van der Waals surface area contributed by atoms with Crippen molar-refractivity contribution in [3.63, 3.8) is 0 Å². The van der Waals surface area contributed by atoms with Crippen LogP contribution in [0.4, 0.5) is 52.7 Å². The van der Waals surface area contributed by atoms with E-state index in [0.717, 1.165) is 49.6 Å². The number of aromatic nitrogens is 1. The number of halogens is 12. The van der Waals surface area contributed by atoms with Crippen LogP contribution in [0.15, 0.2) is 236 Å². The molecule has 0 atom stereocenters. The fourth-order valence-corrected chi connectivity index (χ4v) is 7.64. The number of hydrogen-bond acceptors (Lipinski definition) is 8. The molecule has 0 N–H and O–H groups in total. The summed E-state index contributed by atoms with van der Waals surface area (Å²) >= 11 is 0. The molecule has 0 amide bonds. The van der Waals surface area contributed by atoms with E-state index in [1.807, 2.05) is 48.5 Å². The summed E-state index contributed by atoms with van der Waals surface area (Å²) in [6, 6.07) is 50.5. The Hall–Kier alpha value is -8.73. The van der Waals surface area contributed by atoms with Gasteiger partial charge < -0.3 is 20.4 Å². The fourth-order valence-electron chi connectivity index (χ4n) is 7.64. The van der Waals surface area contributed by atoms with Crippen LogP contribution in [0.3, 0.4) is 0 Å². The van der Waals surface area contributed by atoms with Crippen molar-refractivity contribution in [3.8, 4) is 0 Å². The van der Waals surface area contributed by atoms with Crippen LogP contribution >= 0.6 is 0 Å². The Morgan fingerprint density at radius 1 is 0.398 bits per heavy atom. The molecule has 0 aliphatic heterocycles. The van der Waals surface area contributed by atoms with Crippen LogP contribution in [0.25, 0.3) is 48.8 Å². The van der Waals surface area contributed by atoms with Crippen molar-refractivity contribution in [2.45, 2.75) is 57.9 Å². The molecule has 1 heterocycles. The predicted octanol–water partition coefficient (Wildman–Crippen LogP) is 13.2. The summed E-state index contributed by atoms with van der Waals surface area (Å²) in [4.78, 5) is 45.4. The van der Waals surface area contributed by atoms with E-state index in [4.69, 9.17) is 0 Å². The smallest absolute Gasteiger partial charge is 0.872 e. The number of pyridine rings is 1. The second kappa shape index (κ2) is 32.3. The Labute approximate surface area is 527 Å². The second-order valence-corrected chi connectivity index (χ2v) is 18.7. The third-order valence-electron chi connectivity index (χ3n) is 12.1. The molecule has 22 heteroatoms. The van der Waals surface area contributed by atoms with Gasteiger partial charge in [-0.2, -0.15) is 52.7 Å². The number of hydrogen-bond donors (Lipinski definition) is 0. The predicted molar refractivity (Wildman–Crippen MR) is 297 cm³/mol. The van der Waals surface area contributed by atoms with Crippen LogP contribution in [0.1, 0.15) is 62.0 Å². The molecule has 0 unspecified atom stereocenters. The molecular weight excluding hydrogens is 1320 g/mol. The van der Waals surface area contributed by atoms with Gasteiger partial charge >= 0.3 is 64.6 Å². The minimum Gasteiger partial charge on any atom is -0.872 e. The normalized spacial score (nSPS) is 12.2. The van der Waals surface area contributed by atoms with Crippen molar-refractivity contribution < 1.29 is 137 Å². The molecular formula is C66H48F12GdNO8. The Bertz CT molecular complexity index is 3760. The van der Waals surface area contributed by atoms with Crippen LogP contribution in [-0.4, -0.2) is 47.8 Å². The van der Waals surface area contributed by atoms with E-state index in [2.05, 4.69) is 42.9 Å². The number of fused-ring (bicyclic) bond motifs is 4. The number of rotatable bonds is 11. The summed E-state index contributed by atoms with van der Waals surface area (Å²) in [6.07, 6.45) is -12.9. The van der Waals surface area contributed by atoms with Crippen molar-refractivity contribution in [3.05, 3.63) is 264 Å². The molecule has 9 aromatic rings. The maximum absolute atomic E-state index is 12.0. The van der Waals surface area contributed by atoms with Crippen molar-refractivity contribution in [2.75, 3.05) is 0 Å². The molecule has 1 radical (unpaired) electrons. The van der Waals surface area contributed by atoms with Gasteiger partial charge in [0.1, 0.15) is 6.54 Å². The van der Waals surface area contributed by atoms with Gasteiger partial charge in [-0.25, -0.2) is 4.57 Å². The largest absolute Gasteiger partial charge is 3.00 e. The molecule has 0 saturated heterocycles. The first-order valence-electron chi connectivity index (χ1n) is 25.8. The third-order valence-corrected chi connectivity index (χ3v) is 12.1. The van der Waals surface area contributed by atoms with E-state index in [1.54, 1.807) is 72.8 Å². The number of benzene rings is 8. The summed E-state index contributed by atoms with van der Waals surface area (Å²) in [5.41, 5.74) is 1.55. The zero-order valence-electron chi connectivity index (χ0n) is 46.0. The topological polar surface area (TPSA) is 164 Å². The van der Waals surface area contributed by atoms with E-state index in [1.165, 1.54) is 66.9 Å². The standard InChI is InChI=1S/4C14H9F3O2.C10H16N.Gd/c4*15-14(16,17)13(19)8-12(18)11-6-5-9-3-1-2-4-10(9)7-11;1-3-4-7-11-8-5-6-10(2)9-11;/h3*1-8,19H;1-8,18H;5-6,8-9H,3-4,7H2,1-2H3;/q;;;;+1;+3/p-4/b3*13-8-;12-8-;;. The molecule has 0 aliphatic carbocycles. The summed E-state index contributed by atoms with van der Waals surface area (Å²) in [6.45, 7) is 5.50. The number of allylic oxidation sites excluding steroid dienone is 7. The molecule has 457 valence electrons. The van der Waals surface area contributed by atoms with Crippen molar-refractivity contribution in [1.29, 1.82) is 0 Å². The fraction of sp³-hybridized carbons (Fsp3) is 0.136. The minimum atomic E-state index is -5.02. The summed E-state index contributed by atoms with van der Waals surface area (Å²) in [5, 5.41) is 50.0. The summed E-state index contributed by atoms with van der Waals surface area (Å²) < 4.78 is 147. The van der Waals surface area contributed by atoms with Crippen molar-refractivity contribution in [2.24, 2.45) is 0 Å². The minimum absolute atomic E-state index is 0. The zero-order chi connectivity index (χ0) is 64.3. The van der Waals surface area contributed by atoms with E-state index < -0.39 is 70.9 Å². The maximum Gasteiger partial charge on any atom is 3.00 e. The van der Waals surface area contributed by atoms with E-state index in [-0.39, 0.29) is 86.5 Å². The molecule has 0 aliphatic rings. The van der Waals surface area contributed by atoms with Crippen LogP contribution < -0.4 is 25.0 Å². The van der Waals surface area contributed by atoms with Crippen LogP contribution in [0.5, 0.6) is 0 Å². The number of aryl methyl sites for hydroxylation is 2. The number of carbonyl (C=O) groups excluding carboxylic acids is 4. The van der Waals surface area contributed by atoms with Gasteiger partial charge in [-0.15, -0.1) is 0 Å². The number of unbranched alkanes of at least 4 members (excludes halogenated alkanes) is 1. The van der Waals surface area contributed by atoms with E-state index in [9.17, 15) is 92.3 Å². The molecule has 0 saturated carbocycles. The first-order valence-corrected chi connectivity index (χ1v) is 25.8. The van der Waals surface area contributed by atoms with Gasteiger partial charge in [0, 0.05) is 34.7 Å². The van der Waals surface area contributed by atoms with Gasteiger partial charge in [0.2, 0.25) is 0 Å². The van der Waals surface area contributed by atoms with Crippen LogP contribution in [0.2, 0.25) is 0 Å². The van der Waals surface area contributed by atoms with Crippen molar-refractivity contribution >= 4 is 72.0 Å². The molecule has 88 heavy (non-hydrogen) atoms. The Kier molecular flexibility index (Phi) is 26.3. The third kappa shape index (κ3) is 22.5. The SMILES string of the molecule is CCCC[n+]1cccc(C)c1.O=C(/C=C(\[O-])C(F)(F)F)c1ccc2ccccc2c1.O=C(/C=C(\[O-])C(F)(F)F)c1ccc2ccccc2c1.O=C(/C=C(\[O-])C(F)(F)F)c1ccc2ccccc2c1.O=C(/C=C(\[O-])c1ccc2ccccc2c1)C(F)(F)F.[Gd+3]. The monoisotopic (exact) mass is 1370 g/mol. The first kappa shape index (κ1) is 71.8. The van der Waals surface area contributed by atoms with Crippen LogP contribution in [-0.2, 0) is 11.3 Å². The Morgan fingerprint density at radius 2 is 0.693 bits per heavy atom. The van der Waals surface area contributed by atoms with Crippen LogP contribution in [0, 0.1) is 46.9 Å². The number of ketones is 4. The second-order valence-electron chi connectivity index (χ2n) is 18.7. The first-order chi connectivity index (χ1) is 40.8. The molecule has 0 spiro atoms. The molecule has 0 bridgehead atoms. The molecule has 9 rings (SSSR count). The number of alkyl halides is 12. The maximum atomic E-state index is 12.0. The number of carbonyl (C=O) groups is 4. The van der Waals surface area contributed by atoms with E-state index in [0.29, 0.717) is 0 Å². The average molecular weight is 1370 g/mol. The molecule has 8 aromatic carbocycles. The molecule has 1 aromatic heterocycles. The van der Waals surface area contributed by atoms with Gasteiger partial charge in [0.15, 0.2) is 29.7 Å². The average Bonchev–Trinajstić information content (AvgIpc) is 3.53. The van der Waals surface area contributed by atoms with E-state index >= 15 is 0 Å². The van der Waals surface area contributed by atoms with Gasteiger partial charge in [-0.05, 0) is 127 Å². The van der Waals surface area contributed by atoms with Gasteiger partial charge in [0.25, 0.3) is 5.78 Å². The Balaban J connectivity index is 0.000000237. The molecule has 0 fully saturated rings. The number of nitrogens with zero attached hydrogens (tertiary/aromatic N) is 1. The zero-order valence-corrected chi connectivity index (χ0v) is 48.3. The van der Waals surface area contributed by atoms with Gasteiger partial charge in [0.05, 0.1) is 0 Å². The van der Waals surface area contributed by atoms with Gasteiger partial charge in [-0.1, -0.05) is 165 Å². The molecule has 9 nitrogen and oxygen atoms in total. The summed E-state index contributed by atoms with van der Waals surface area (Å²) in [5.74, 6) is -12.4. The van der Waals surface area contributed by atoms with Gasteiger partial charge in [-0.3, -0.25) is 19.2 Å². The summed E-state index contributed by atoms with van der Waals surface area (Å²) in [7, 11) is 0. The van der Waals surface area contributed by atoms with Crippen molar-refractivity contribution in [1.82, 2.24) is 0 Å².